The summed E-state index contributed by atoms with van der Waals surface area (Å²) in [6.45, 7) is 1.97. The van der Waals surface area contributed by atoms with Crippen LogP contribution in [0.5, 0.6) is 17.2 Å². The van der Waals surface area contributed by atoms with E-state index in [9.17, 15) is 9.59 Å². The fraction of sp³-hybridized carbons (Fsp3) is 0.364. The average Bonchev–Trinajstić information content (AvgIpc) is 2.77. The Balaban J connectivity index is 2.17. The maximum Gasteiger partial charge on any atom is 0.261 e. The van der Waals surface area contributed by atoms with E-state index in [1.165, 1.54) is 4.90 Å². The van der Waals surface area contributed by atoms with Crippen molar-refractivity contribution in [3.63, 3.8) is 0 Å². The van der Waals surface area contributed by atoms with Gasteiger partial charge in [-0.25, -0.2) is 0 Å². The molecule has 2 aromatic rings. The summed E-state index contributed by atoms with van der Waals surface area (Å²) in [6, 6.07) is 13.8. The Morgan fingerprint density at radius 3 is 2.24 bits per heavy atom. The first-order valence-electron chi connectivity index (χ1n) is 9.43. The second kappa shape index (κ2) is 10.9. The molecule has 0 spiro atoms. The third-order valence-corrected chi connectivity index (χ3v) is 4.54. The zero-order valence-corrected chi connectivity index (χ0v) is 17.3. The highest BCUT2D eigenvalue weighted by Crippen LogP contribution is 2.19. The highest BCUT2D eigenvalue weighted by molar-refractivity contribution is 5.88. The number of likely N-dealkylation sites (N-methyl/N-ethyl adjacent to an activating group) is 1. The molecule has 1 N–H and O–H groups in total. The second-order valence-electron chi connectivity index (χ2n) is 6.38. The molecule has 0 fully saturated rings. The van der Waals surface area contributed by atoms with Crippen molar-refractivity contribution in [2.45, 2.75) is 25.9 Å². The first-order valence-corrected chi connectivity index (χ1v) is 9.43. The molecule has 156 valence electrons. The Labute approximate surface area is 171 Å². The molecule has 0 aliphatic rings. The van der Waals surface area contributed by atoms with E-state index in [2.05, 4.69) is 5.32 Å². The summed E-state index contributed by atoms with van der Waals surface area (Å²) < 4.78 is 16.0. The van der Waals surface area contributed by atoms with Crippen molar-refractivity contribution in [3.8, 4) is 17.2 Å². The smallest absolute Gasteiger partial charge is 0.261 e. The van der Waals surface area contributed by atoms with Crippen LogP contribution >= 0.6 is 0 Å². The average molecular weight is 400 g/mol. The molecule has 0 saturated carbocycles. The molecule has 1 unspecified atom stereocenters. The number of hydrogen-bond donors (Lipinski definition) is 1. The van der Waals surface area contributed by atoms with Crippen molar-refractivity contribution < 1.29 is 23.8 Å². The minimum absolute atomic E-state index is 0.177. The molecular formula is C22H28N2O5. The number of carbonyl (C=O) groups is 2. The van der Waals surface area contributed by atoms with Crippen molar-refractivity contribution >= 4 is 11.8 Å². The number of benzene rings is 2. The molecule has 7 nitrogen and oxygen atoms in total. The predicted octanol–water partition coefficient (Wildman–Crippen LogP) is 2.64. The van der Waals surface area contributed by atoms with Crippen molar-refractivity contribution in [1.82, 2.24) is 10.2 Å². The molecular weight excluding hydrogens is 372 g/mol. The van der Waals surface area contributed by atoms with Gasteiger partial charge in [-0.1, -0.05) is 19.1 Å². The van der Waals surface area contributed by atoms with Gasteiger partial charge in [0.1, 0.15) is 23.3 Å². The van der Waals surface area contributed by atoms with Crippen LogP contribution in [0.15, 0.2) is 48.5 Å². The van der Waals surface area contributed by atoms with Crippen LogP contribution < -0.4 is 19.5 Å². The summed E-state index contributed by atoms with van der Waals surface area (Å²) in [5.41, 5.74) is 0.865. The van der Waals surface area contributed by atoms with E-state index in [1.54, 1.807) is 45.5 Å². The number of ether oxygens (including phenoxy) is 3. The molecule has 29 heavy (non-hydrogen) atoms. The summed E-state index contributed by atoms with van der Waals surface area (Å²) in [6.07, 6.45) is 0.484. The molecule has 1 atom stereocenters. The Bertz CT molecular complexity index is 807. The minimum Gasteiger partial charge on any atom is -0.497 e. The number of methoxy groups -OCH3 is 2. The van der Waals surface area contributed by atoms with Gasteiger partial charge in [0.25, 0.3) is 5.91 Å². The molecule has 0 bridgehead atoms. The summed E-state index contributed by atoms with van der Waals surface area (Å²) >= 11 is 0. The predicted molar refractivity (Wildman–Crippen MR) is 110 cm³/mol. The van der Waals surface area contributed by atoms with E-state index in [0.29, 0.717) is 23.7 Å². The van der Waals surface area contributed by atoms with Gasteiger partial charge in [-0.2, -0.15) is 0 Å². The van der Waals surface area contributed by atoms with Crippen LogP contribution in [-0.4, -0.2) is 50.6 Å². The van der Waals surface area contributed by atoms with Crippen molar-refractivity contribution in [1.29, 1.82) is 0 Å². The molecule has 0 heterocycles. The van der Waals surface area contributed by atoms with Crippen LogP contribution in [0.2, 0.25) is 0 Å². The molecule has 2 aromatic carbocycles. The maximum atomic E-state index is 13.0. The fourth-order valence-electron chi connectivity index (χ4n) is 2.95. The maximum absolute atomic E-state index is 13.0. The van der Waals surface area contributed by atoms with Gasteiger partial charge in [-0.15, -0.1) is 0 Å². The van der Waals surface area contributed by atoms with E-state index >= 15 is 0 Å². The molecule has 2 amide bonds. The zero-order valence-electron chi connectivity index (χ0n) is 17.3. The third kappa shape index (κ3) is 6.14. The Morgan fingerprint density at radius 2 is 1.66 bits per heavy atom. The summed E-state index contributed by atoms with van der Waals surface area (Å²) in [5, 5.41) is 2.63. The summed E-state index contributed by atoms with van der Waals surface area (Å²) in [4.78, 5) is 26.9. The molecule has 0 saturated heterocycles. The number of carbonyl (C=O) groups excluding carboxylic acids is 2. The normalized spacial score (nSPS) is 11.3. The number of nitrogens with zero attached hydrogens (tertiary/aromatic N) is 1. The van der Waals surface area contributed by atoms with Gasteiger partial charge in [0.05, 0.1) is 14.2 Å². The van der Waals surface area contributed by atoms with Crippen LogP contribution in [0.1, 0.15) is 18.9 Å². The quantitative estimate of drug-likeness (QED) is 0.663. The van der Waals surface area contributed by atoms with Crippen LogP contribution in [0.25, 0.3) is 0 Å². The number of rotatable bonds is 10. The lowest BCUT2D eigenvalue weighted by Crippen LogP contribution is -2.49. The standard InChI is InChI=1S/C22H28N2O5/c1-5-20(22(26)23-2)24(14-16-7-6-8-19(13-16)28-4)21(25)15-29-18-11-9-17(27-3)10-12-18/h6-13,20H,5,14-15H2,1-4H3,(H,23,26). The number of hydrogen-bond acceptors (Lipinski definition) is 5. The van der Waals surface area contributed by atoms with Crippen molar-refractivity contribution in [3.05, 3.63) is 54.1 Å². The molecule has 2 rings (SSSR count). The third-order valence-electron chi connectivity index (χ3n) is 4.54. The molecule has 7 heteroatoms. The number of amides is 2. The highest BCUT2D eigenvalue weighted by Gasteiger charge is 2.28. The van der Waals surface area contributed by atoms with Gasteiger partial charge in [0.15, 0.2) is 6.61 Å². The van der Waals surface area contributed by atoms with E-state index in [1.807, 2.05) is 31.2 Å². The fourth-order valence-corrected chi connectivity index (χ4v) is 2.95. The SMILES string of the molecule is CCC(C(=O)NC)N(Cc1cccc(OC)c1)C(=O)COc1ccc(OC)cc1. The van der Waals surface area contributed by atoms with Gasteiger partial charge in [0.2, 0.25) is 5.91 Å². The summed E-state index contributed by atoms with van der Waals surface area (Å²) in [7, 11) is 4.73. The zero-order chi connectivity index (χ0) is 21.2. The highest BCUT2D eigenvalue weighted by atomic mass is 16.5. The minimum atomic E-state index is -0.599. The lowest BCUT2D eigenvalue weighted by molar-refractivity contribution is -0.142. The van der Waals surface area contributed by atoms with E-state index in [4.69, 9.17) is 14.2 Å². The lowest BCUT2D eigenvalue weighted by Gasteiger charge is -2.30. The first kappa shape index (κ1) is 22.1. The van der Waals surface area contributed by atoms with Gasteiger partial charge >= 0.3 is 0 Å². The van der Waals surface area contributed by atoms with Gasteiger partial charge in [-0.3, -0.25) is 9.59 Å². The van der Waals surface area contributed by atoms with E-state index < -0.39 is 6.04 Å². The Hall–Kier alpha value is -3.22. The van der Waals surface area contributed by atoms with E-state index in [0.717, 1.165) is 5.56 Å². The Morgan fingerprint density at radius 1 is 1.00 bits per heavy atom. The molecule has 0 aliphatic heterocycles. The van der Waals surface area contributed by atoms with Gasteiger partial charge in [0, 0.05) is 13.6 Å². The lowest BCUT2D eigenvalue weighted by atomic mass is 10.1. The molecule has 0 aromatic heterocycles. The second-order valence-corrected chi connectivity index (χ2v) is 6.38. The number of nitrogens with one attached hydrogen (secondary N) is 1. The van der Waals surface area contributed by atoms with Crippen LogP contribution in [0.3, 0.4) is 0 Å². The van der Waals surface area contributed by atoms with Crippen LogP contribution in [-0.2, 0) is 16.1 Å². The molecule has 0 radical (unpaired) electrons. The van der Waals surface area contributed by atoms with Crippen LogP contribution in [0, 0.1) is 0 Å². The van der Waals surface area contributed by atoms with Gasteiger partial charge in [-0.05, 0) is 48.4 Å². The van der Waals surface area contributed by atoms with E-state index in [-0.39, 0.29) is 25.0 Å². The first-order chi connectivity index (χ1) is 14.0. The monoisotopic (exact) mass is 400 g/mol. The topological polar surface area (TPSA) is 77.1 Å². The largest absolute Gasteiger partial charge is 0.497 e. The van der Waals surface area contributed by atoms with Gasteiger partial charge < -0.3 is 24.4 Å². The van der Waals surface area contributed by atoms with Crippen molar-refractivity contribution in [2.24, 2.45) is 0 Å². The summed E-state index contributed by atoms with van der Waals surface area (Å²) in [5.74, 6) is 1.45. The molecule has 0 aliphatic carbocycles. The van der Waals surface area contributed by atoms with Crippen LogP contribution in [0.4, 0.5) is 0 Å². The Kier molecular flexibility index (Phi) is 8.33. The van der Waals surface area contributed by atoms with Crippen molar-refractivity contribution in [2.75, 3.05) is 27.9 Å².